The van der Waals surface area contributed by atoms with Gasteiger partial charge in [-0.1, -0.05) is 0 Å². The van der Waals surface area contributed by atoms with E-state index in [0.717, 1.165) is 23.1 Å². The largest absolute Gasteiger partial charge is 0.370 e. The molecule has 4 rings (SSSR count). The Hall–Kier alpha value is -2.54. The molecular weight excluding hydrogens is 280 g/mol. The van der Waals surface area contributed by atoms with Crippen molar-refractivity contribution in [2.24, 2.45) is 7.05 Å². The monoisotopic (exact) mass is 296 g/mol. The number of hydrogen-bond acceptors (Lipinski definition) is 6. The predicted molar refractivity (Wildman–Crippen MR) is 81.4 cm³/mol. The van der Waals surface area contributed by atoms with Crippen LogP contribution < -0.4 is 4.90 Å². The maximum absolute atomic E-state index is 5.85. The third-order valence-electron chi connectivity index (χ3n) is 3.79. The van der Waals surface area contributed by atoms with Gasteiger partial charge in [0.25, 0.3) is 0 Å². The molecule has 7 nitrogen and oxygen atoms in total. The molecule has 0 bridgehead atoms. The molecule has 0 aliphatic carbocycles. The van der Waals surface area contributed by atoms with Gasteiger partial charge in [0.1, 0.15) is 6.10 Å². The van der Waals surface area contributed by atoms with Gasteiger partial charge in [0.2, 0.25) is 5.95 Å². The Bertz CT molecular complexity index is 801. The second-order valence-electron chi connectivity index (χ2n) is 5.34. The summed E-state index contributed by atoms with van der Waals surface area (Å²) in [5.74, 6) is 0.698. The number of rotatable bonds is 2. The summed E-state index contributed by atoms with van der Waals surface area (Å²) in [4.78, 5) is 15.5. The van der Waals surface area contributed by atoms with Crippen molar-refractivity contribution in [2.75, 3.05) is 24.6 Å². The maximum Gasteiger partial charge on any atom is 0.227 e. The minimum Gasteiger partial charge on any atom is -0.370 e. The second-order valence-corrected chi connectivity index (χ2v) is 5.34. The summed E-state index contributed by atoms with van der Waals surface area (Å²) in [6.45, 7) is 2.13. The van der Waals surface area contributed by atoms with Crippen LogP contribution in [0.15, 0.2) is 36.9 Å². The number of anilines is 1. The lowest BCUT2D eigenvalue weighted by molar-refractivity contribution is 0.0392. The number of aryl methyl sites for hydroxylation is 1. The summed E-state index contributed by atoms with van der Waals surface area (Å²) in [5.41, 5.74) is 1.79. The molecular formula is C15H16N6O. The van der Waals surface area contributed by atoms with Crippen LogP contribution in [-0.4, -0.2) is 44.4 Å². The summed E-state index contributed by atoms with van der Waals surface area (Å²) in [6, 6.07) is 3.85. The van der Waals surface area contributed by atoms with Gasteiger partial charge in [-0.15, -0.1) is 0 Å². The van der Waals surface area contributed by atoms with Crippen molar-refractivity contribution in [3.8, 4) is 0 Å². The molecule has 0 aromatic carbocycles. The summed E-state index contributed by atoms with van der Waals surface area (Å²) in [5, 5.41) is 5.15. The molecule has 0 N–H and O–H groups in total. The summed E-state index contributed by atoms with van der Waals surface area (Å²) < 4.78 is 7.64. The molecule has 112 valence electrons. The van der Waals surface area contributed by atoms with Crippen LogP contribution in [0.4, 0.5) is 5.95 Å². The highest BCUT2D eigenvalue weighted by Gasteiger charge is 2.24. The molecule has 0 radical (unpaired) electrons. The third kappa shape index (κ3) is 2.39. The molecule has 1 atom stereocenters. The number of aromatic nitrogens is 5. The van der Waals surface area contributed by atoms with Crippen LogP contribution in [-0.2, 0) is 11.8 Å². The van der Waals surface area contributed by atoms with E-state index in [-0.39, 0.29) is 6.10 Å². The van der Waals surface area contributed by atoms with Gasteiger partial charge in [-0.05, 0) is 12.1 Å². The Morgan fingerprint density at radius 3 is 3.09 bits per heavy atom. The highest BCUT2D eigenvalue weighted by molar-refractivity contribution is 5.74. The van der Waals surface area contributed by atoms with Crippen molar-refractivity contribution in [3.05, 3.63) is 42.5 Å². The van der Waals surface area contributed by atoms with Crippen LogP contribution >= 0.6 is 0 Å². The summed E-state index contributed by atoms with van der Waals surface area (Å²) >= 11 is 0. The number of hydrogen-bond donors (Lipinski definition) is 0. The van der Waals surface area contributed by atoms with E-state index in [1.807, 2.05) is 37.8 Å². The zero-order chi connectivity index (χ0) is 14.9. The average Bonchev–Trinajstić information content (AvgIpc) is 3.01. The molecule has 4 heterocycles. The number of pyridine rings is 1. The van der Waals surface area contributed by atoms with Crippen molar-refractivity contribution >= 4 is 17.0 Å². The minimum absolute atomic E-state index is 0.00882. The van der Waals surface area contributed by atoms with Gasteiger partial charge in [0, 0.05) is 43.1 Å². The van der Waals surface area contributed by atoms with E-state index in [1.165, 1.54) is 0 Å². The Morgan fingerprint density at radius 2 is 2.23 bits per heavy atom. The van der Waals surface area contributed by atoms with E-state index in [9.17, 15) is 0 Å². The van der Waals surface area contributed by atoms with E-state index < -0.39 is 0 Å². The third-order valence-corrected chi connectivity index (χ3v) is 3.79. The number of ether oxygens (including phenoxy) is 1. The van der Waals surface area contributed by atoms with Crippen LogP contribution in [0.2, 0.25) is 0 Å². The predicted octanol–water partition coefficient (Wildman–Crippen LogP) is 1.34. The lowest BCUT2D eigenvalue weighted by Crippen LogP contribution is -2.39. The van der Waals surface area contributed by atoms with Gasteiger partial charge in [0.05, 0.1) is 19.3 Å². The van der Waals surface area contributed by atoms with E-state index in [1.54, 1.807) is 10.9 Å². The molecule has 7 heteroatoms. The Kier molecular flexibility index (Phi) is 3.19. The summed E-state index contributed by atoms with van der Waals surface area (Å²) in [6.07, 6.45) is 7.38. The lowest BCUT2D eigenvalue weighted by atomic mass is 10.1. The number of fused-ring (bicyclic) bond motifs is 1. The smallest absolute Gasteiger partial charge is 0.227 e. The fraction of sp³-hybridized carbons (Fsp3) is 0.333. The van der Waals surface area contributed by atoms with Gasteiger partial charge < -0.3 is 9.64 Å². The molecule has 3 aromatic heterocycles. The molecule has 1 fully saturated rings. The highest BCUT2D eigenvalue weighted by Crippen LogP contribution is 2.24. The fourth-order valence-corrected chi connectivity index (χ4v) is 2.65. The van der Waals surface area contributed by atoms with Crippen LogP contribution in [0.3, 0.4) is 0 Å². The van der Waals surface area contributed by atoms with Crippen molar-refractivity contribution in [3.63, 3.8) is 0 Å². The summed E-state index contributed by atoms with van der Waals surface area (Å²) in [7, 11) is 1.90. The maximum atomic E-state index is 5.85. The molecule has 1 aliphatic rings. The SMILES string of the molecule is Cn1cc([C@H]2CN(c3ncc4cccnc4n3)CCO2)cn1. The van der Waals surface area contributed by atoms with Gasteiger partial charge >= 0.3 is 0 Å². The topological polar surface area (TPSA) is 69.0 Å². The zero-order valence-electron chi connectivity index (χ0n) is 12.3. The van der Waals surface area contributed by atoms with Crippen LogP contribution in [0.1, 0.15) is 11.7 Å². The second kappa shape index (κ2) is 5.34. The van der Waals surface area contributed by atoms with Gasteiger partial charge in [-0.25, -0.2) is 9.97 Å². The molecule has 0 saturated carbocycles. The first kappa shape index (κ1) is 13.1. The zero-order valence-corrected chi connectivity index (χ0v) is 12.3. The molecule has 22 heavy (non-hydrogen) atoms. The molecule has 0 spiro atoms. The Morgan fingerprint density at radius 1 is 1.27 bits per heavy atom. The van der Waals surface area contributed by atoms with Crippen molar-refractivity contribution in [1.82, 2.24) is 24.7 Å². The van der Waals surface area contributed by atoms with Crippen molar-refractivity contribution in [2.45, 2.75) is 6.10 Å². The molecule has 0 amide bonds. The van der Waals surface area contributed by atoms with Crippen LogP contribution in [0.5, 0.6) is 0 Å². The first-order valence-electron chi connectivity index (χ1n) is 7.22. The standard InChI is InChI=1S/C15H16N6O/c1-20-9-12(8-18-20)13-10-21(5-6-22-13)15-17-7-11-3-2-4-16-14(11)19-15/h2-4,7-9,13H,5-6,10H2,1H3/t13-/m1/s1. The Balaban J connectivity index is 1.60. The minimum atomic E-state index is -0.00882. The number of morpholine rings is 1. The highest BCUT2D eigenvalue weighted by atomic mass is 16.5. The molecule has 1 saturated heterocycles. The normalized spacial score (nSPS) is 18.8. The van der Waals surface area contributed by atoms with Gasteiger partial charge in [-0.2, -0.15) is 10.1 Å². The van der Waals surface area contributed by atoms with Crippen molar-refractivity contribution < 1.29 is 4.74 Å². The van der Waals surface area contributed by atoms with Crippen LogP contribution in [0.25, 0.3) is 11.0 Å². The van der Waals surface area contributed by atoms with E-state index in [4.69, 9.17) is 4.74 Å². The quantitative estimate of drug-likeness (QED) is 0.711. The van der Waals surface area contributed by atoms with E-state index in [0.29, 0.717) is 19.1 Å². The Labute approximate surface area is 127 Å². The first-order chi connectivity index (χ1) is 10.8. The van der Waals surface area contributed by atoms with E-state index >= 15 is 0 Å². The first-order valence-corrected chi connectivity index (χ1v) is 7.22. The van der Waals surface area contributed by atoms with Crippen LogP contribution in [0, 0.1) is 0 Å². The average molecular weight is 296 g/mol. The fourth-order valence-electron chi connectivity index (χ4n) is 2.65. The molecule has 1 aliphatic heterocycles. The van der Waals surface area contributed by atoms with Gasteiger partial charge in [-0.3, -0.25) is 4.68 Å². The number of nitrogens with zero attached hydrogens (tertiary/aromatic N) is 6. The van der Waals surface area contributed by atoms with Crippen molar-refractivity contribution in [1.29, 1.82) is 0 Å². The van der Waals surface area contributed by atoms with Gasteiger partial charge in [0.15, 0.2) is 5.65 Å². The molecule has 3 aromatic rings. The molecule has 0 unspecified atom stereocenters. The van der Waals surface area contributed by atoms with E-state index in [2.05, 4.69) is 25.0 Å². The lowest BCUT2D eigenvalue weighted by Gasteiger charge is -2.32.